The molecule has 7 heteroatoms. The van der Waals surface area contributed by atoms with Crippen LogP contribution >= 0.6 is 0 Å². The van der Waals surface area contributed by atoms with Crippen LogP contribution in [0.4, 0.5) is 11.4 Å². The molecule has 2 aromatic rings. The number of carbonyl (C=O) groups excluding carboxylic acids is 3. The fourth-order valence-electron chi connectivity index (χ4n) is 1.99. The number of ether oxygens (including phenoxy) is 2. The second-order valence-corrected chi connectivity index (χ2v) is 4.65. The van der Waals surface area contributed by atoms with Gasteiger partial charge in [0.05, 0.1) is 31.2 Å². The summed E-state index contributed by atoms with van der Waals surface area (Å²) in [6.07, 6.45) is 0. The topological polar surface area (TPSA) is 93.7 Å². The van der Waals surface area contributed by atoms with Gasteiger partial charge in [-0.25, -0.2) is 4.79 Å². The molecule has 0 radical (unpaired) electrons. The SMILES string of the molecule is COC(=O)c1ccccc1NC(=O)C(=O)Nc1ccccc1OC. The number of benzene rings is 2. The van der Waals surface area contributed by atoms with Gasteiger partial charge in [0.15, 0.2) is 0 Å². The van der Waals surface area contributed by atoms with Crippen LogP contribution in [-0.2, 0) is 14.3 Å². The van der Waals surface area contributed by atoms with Crippen LogP contribution in [0.5, 0.6) is 5.75 Å². The van der Waals surface area contributed by atoms with E-state index < -0.39 is 17.8 Å². The van der Waals surface area contributed by atoms with E-state index in [1.807, 2.05) is 0 Å². The van der Waals surface area contributed by atoms with E-state index in [9.17, 15) is 14.4 Å². The Hall–Kier alpha value is -3.35. The molecule has 0 heterocycles. The predicted octanol–water partition coefficient (Wildman–Crippen LogP) is 2.06. The molecule has 0 aliphatic carbocycles. The Balaban J connectivity index is 2.13. The average Bonchev–Trinajstić information content (AvgIpc) is 2.61. The minimum Gasteiger partial charge on any atom is -0.495 e. The van der Waals surface area contributed by atoms with Gasteiger partial charge in [0, 0.05) is 0 Å². The zero-order chi connectivity index (χ0) is 17.5. The van der Waals surface area contributed by atoms with Crippen molar-refractivity contribution in [2.75, 3.05) is 24.9 Å². The number of hydrogen-bond acceptors (Lipinski definition) is 5. The summed E-state index contributed by atoms with van der Waals surface area (Å²) < 4.78 is 9.74. The maximum absolute atomic E-state index is 12.1. The van der Waals surface area contributed by atoms with Gasteiger partial charge in [0.1, 0.15) is 5.75 Å². The molecule has 124 valence electrons. The van der Waals surface area contributed by atoms with E-state index >= 15 is 0 Å². The zero-order valence-electron chi connectivity index (χ0n) is 13.2. The van der Waals surface area contributed by atoms with Crippen molar-refractivity contribution in [3.05, 3.63) is 54.1 Å². The van der Waals surface area contributed by atoms with Gasteiger partial charge < -0.3 is 20.1 Å². The third-order valence-electron chi connectivity index (χ3n) is 3.14. The van der Waals surface area contributed by atoms with E-state index in [0.717, 1.165) is 0 Å². The summed E-state index contributed by atoms with van der Waals surface area (Å²) >= 11 is 0. The number of amides is 2. The normalized spacial score (nSPS) is 9.75. The lowest BCUT2D eigenvalue weighted by Crippen LogP contribution is -2.29. The molecule has 0 aromatic heterocycles. The first-order chi connectivity index (χ1) is 11.6. The molecule has 0 aliphatic rings. The van der Waals surface area contributed by atoms with Crippen LogP contribution < -0.4 is 15.4 Å². The van der Waals surface area contributed by atoms with E-state index in [2.05, 4.69) is 15.4 Å². The number of carbonyl (C=O) groups is 3. The van der Waals surface area contributed by atoms with Crippen LogP contribution in [0.1, 0.15) is 10.4 Å². The van der Waals surface area contributed by atoms with Gasteiger partial charge in [0.25, 0.3) is 0 Å². The molecule has 2 rings (SSSR count). The largest absolute Gasteiger partial charge is 0.495 e. The fraction of sp³-hybridized carbons (Fsp3) is 0.118. The van der Waals surface area contributed by atoms with Gasteiger partial charge in [-0.05, 0) is 24.3 Å². The van der Waals surface area contributed by atoms with Crippen LogP contribution in [-0.4, -0.2) is 32.0 Å². The zero-order valence-corrected chi connectivity index (χ0v) is 13.2. The molecular weight excluding hydrogens is 312 g/mol. The van der Waals surface area contributed by atoms with Crippen molar-refractivity contribution in [2.45, 2.75) is 0 Å². The first-order valence-corrected chi connectivity index (χ1v) is 6.99. The number of anilines is 2. The molecule has 2 amide bonds. The van der Waals surface area contributed by atoms with Crippen molar-refractivity contribution in [1.29, 1.82) is 0 Å². The Bertz CT molecular complexity index is 773. The molecule has 24 heavy (non-hydrogen) atoms. The summed E-state index contributed by atoms with van der Waals surface area (Å²) in [4.78, 5) is 35.8. The third-order valence-corrected chi connectivity index (χ3v) is 3.14. The summed E-state index contributed by atoms with van der Waals surface area (Å²) in [7, 11) is 2.69. The number of nitrogens with one attached hydrogen (secondary N) is 2. The van der Waals surface area contributed by atoms with Crippen molar-refractivity contribution in [3.63, 3.8) is 0 Å². The second kappa shape index (κ2) is 7.77. The summed E-state index contributed by atoms with van der Waals surface area (Å²) in [5.41, 5.74) is 0.698. The van der Waals surface area contributed by atoms with Gasteiger partial charge in [-0.15, -0.1) is 0 Å². The van der Waals surface area contributed by atoms with Crippen molar-refractivity contribution in [3.8, 4) is 5.75 Å². The highest BCUT2D eigenvalue weighted by molar-refractivity contribution is 6.44. The smallest absolute Gasteiger partial charge is 0.339 e. The standard InChI is InChI=1S/C17H16N2O5/c1-23-14-10-6-5-9-13(14)19-16(21)15(20)18-12-8-4-3-7-11(12)17(22)24-2/h3-10H,1-2H3,(H,18,20)(H,19,21). The molecule has 0 unspecified atom stereocenters. The van der Waals surface area contributed by atoms with Crippen LogP contribution in [0.3, 0.4) is 0 Å². The minimum absolute atomic E-state index is 0.151. The van der Waals surface area contributed by atoms with Crippen LogP contribution in [0.2, 0.25) is 0 Å². The van der Waals surface area contributed by atoms with Crippen LogP contribution in [0.15, 0.2) is 48.5 Å². The average molecular weight is 328 g/mol. The molecule has 0 atom stereocenters. The van der Waals surface area contributed by atoms with E-state index in [0.29, 0.717) is 11.4 Å². The Labute approximate surface area is 138 Å². The number of methoxy groups -OCH3 is 2. The highest BCUT2D eigenvalue weighted by Crippen LogP contribution is 2.23. The summed E-state index contributed by atoms with van der Waals surface area (Å²) in [5, 5.41) is 4.84. The summed E-state index contributed by atoms with van der Waals surface area (Å²) in [6.45, 7) is 0. The highest BCUT2D eigenvalue weighted by Gasteiger charge is 2.19. The van der Waals surface area contributed by atoms with E-state index in [1.165, 1.54) is 26.4 Å². The summed E-state index contributed by atoms with van der Waals surface area (Å²) in [5.74, 6) is -2.00. The fourth-order valence-corrected chi connectivity index (χ4v) is 1.99. The Morgan fingerprint density at radius 3 is 1.96 bits per heavy atom. The molecule has 2 N–H and O–H groups in total. The molecule has 0 spiro atoms. The highest BCUT2D eigenvalue weighted by atomic mass is 16.5. The lowest BCUT2D eigenvalue weighted by atomic mass is 10.2. The van der Waals surface area contributed by atoms with Gasteiger partial charge in [-0.2, -0.15) is 0 Å². The maximum Gasteiger partial charge on any atom is 0.339 e. The van der Waals surface area contributed by atoms with Crippen molar-refractivity contribution in [2.24, 2.45) is 0 Å². The molecule has 0 saturated carbocycles. The van der Waals surface area contributed by atoms with Crippen molar-refractivity contribution < 1.29 is 23.9 Å². The van der Waals surface area contributed by atoms with Crippen LogP contribution in [0, 0.1) is 0 Å². The Morgan fingerprint density at radius 2 is 1.33 bits per heavy atom. The van der Waals surface area contributed by atoms with E-state index in [1.54, 1.807) is 36.4 Å². The molecule has 2 aromatic carbocycles. The van der Waals surface area contributed by atoms with Crippen LogP contribution in [0.25, 0.3) is 0 Å². The first kappa shape index (κ1) is 17.0. The molecule has 0 aliphatic heterocycles. The number of esters is 1. The minimum atomic E-state index is -0.919. The number of rotatable bonds is 4. The second-order valence-electron chi connectivity index (χ2n) is 4.65. The maximum atomic E-state index is 12.1. The molecule has 7 nitrogen and oxygen atoms in total. The quantitative estimate of drug-likeness (QED) is 0.662. The van der Waals surface area contributed by atoms with E-state index in [-0.39, 0.29) is 11.3 Å². The molecule has 0 saturated heterocycles. The summed E-state index contributed by atoms with van der Waals surface area (Å²) in [6, 6.07) is 12.9. The van der Waals surface area contributed by atoms with Crippen molar-refractivity contribution in [1.82, 2.24) is 0 Å². The Morgan fingerprint density at radius 1 is 0.792 bits per heavy atom. The Kier molecular flexibility index (Phi) is 5.51. The monoisotopic (exact) mass is 328 g/mol. The number of hydrogen-bond donors (Lipinski definition) is 2. The van der Waals surface area contributed by atoms with Crippen molar-refractivity contribution >= 4 is 29.2 Å². The molecular formula is C17H16N2O5. The predicted molar refractivity (Wildman–Crippen MR) is 88.0 cm³/mol. The van der Waals surface area contributed by atoms with E-state index in [4.69, 9.17) is 4.74 Å². The first-order valence-electron chi connectivity index (χ1n) is 6.99. The number of para-hydroxylation sites is 3. The lowest BCUT2D eigenvalue weighted by Gasteiger charge is -2.11. The van der Waals surface area contributed by atoms with Gasteiger partial charge in [-0.1, -0.05) is 24.3 Å². The lowest BCUT2D eigenvalue weighted by molar-refractivity contribution is -0.133. The molecule has 0 fully saturated rings. The third kappa shape index (κ3) is 3.89. The molecule has 0 bridgehead atoms. The van der Waals surface area contributed by atoms with Gasteiger partial charge in [0.2, 0.25) is 0 Å². The van der Waals surface area contributed by atoms with Gasteiger partial charge in [-0.3, -0.25) is 9.59 Å². The van der Waals surface area contributed by atoms with Gasteiger partial charge >= 0.3 is 17.8 Å².